The van der Waals surface area contributed by atoms with Gasteiger partial charge in [0, 0.05) is 25.4 Å². The monoisotopic (exact) mass is 467 g/mol. The van der Waals surface area contributed by atoms with Crippen LogP contribution in [0.2, 0.25) is 0 Å². The van der Waals surface area contributed by atoms with Crippen LogP contribution < -0.4 is 10.6 Å². The van der Waals surface area contributed by atoms with E-state index in [9.17, 15) is 19.5 Å². The Morgan fingerprint density at radius 1 is 1.03 bits per heavy atom. The van der Waals surface area contributed by atoms with Crippen LogP contribution in [0.4, 0.5) is 4.79 Å². The quantitative estimate of drug-likeness (QED) is 0.496. The van der Waals surface area contributed by atoms with Crippen LogP contribution in [-0.4, -0.2) is 67.8 Å². The molecule has 3 N–H and O–H groups in total. The summed E-state index contributed by atoms with van der Waals surface area (Å²) in [5.74, 6) is -1.49. The van der Waals surface area contributed by atoms with Crippen molar-refractivity contribution in [2.75, 3.05) is 33.8 Å². The van der Waals surface area contributed by atoms with Crippen molar-refractivity contribution in [1.82, 2.24) is 15.5 Å². The zero-order valence-corrected chi connectivity index (χ0v) is 20.1. The van der Waals surface area contributed by atoms with Gasteiger partial charge < -0.3 is 25.4 Å². The van der Waals surface area contributed by atoms with Gasteiger partial charge >= 0.3 is 12.1 Å². The summed E-state index contributed by atoms with van der Waals surface area (Å²) in [5, 5.41) is 14.6. The van der Waals surface area contributed by atoms with Crippen molar-refractivity contribution < 1.29 is 24.2 Å². The van der Waals surface area contributed by atoms with Gasteiger partial charge in [-0.1, -0.05) is 62.4 Å². The molecule has 34 heavy (non-hydrogen) atoms. The Kier molecular flexibility index (Phi) is 7.94. The Hall–Kier alpha value is -3.39. The van der Waals surface area contributed by atoms with Crippen LogP contribution in [0.15, 0.2) is 48.5 Å². The number of likely N-dealkylation sites (N-methyl/N-ethyl adjacent to an activating group) is 1. The third kappa shape index (κ3) is 6.35. The molecule has 0 bridgehead atoms. The number of amides is 2. The first-order valence-electron chi connectivity index (χ1n) is 11.3. The maximum absolute atomic E-state index is 12.4. The summed E-state index contributed by atoms with van der Waals surface area (Å²) in [7, 11) is 3.48. The molecule has 0 fully saturated rings. The van der Waals surface area contributed by atoms with Crippen molar-refractivity contribution in [3.63, 3.8) is 0 Å². The van der Waals surface area contributed by atoms with Crippen molar-refractivity contribution in [3.05, 3.63) is 59.7 Å². The van der Waals surface area contributed by atoms with E-state index in [1.165, 1.54) is 0 Å². The lowest BCUT2D eigenvalue weighted by Gasteiger charge is -2.26. The fraction of sp³-hybridized carbons (Fsp3) is 0.423. The lowest BCUT2D eigenvalue weighted by atomic mass is 9.89. The zero-order valence-electron chi connectivity index (χ0n) is 20.1. The van der Waals surface area contributed by atoms with Gasteiger partial charge in [-0.15, -0.1) is 0 Å². The van der Waals surface area contributed by atoms with Gasteiger partial charge in [-0.2, -0.15) is 0 Å². The first-order valence-corrected chi connectivity index (χ1v) is 11.3. The molecule has 8 nitrogen and oxygen atoms in total. The Labute approximate surface area is 200 Å². The second-order valence-electron chi connectivity index (χ2n) is 9.74. The molecule has 2 aromatic rings. The summed E-state index contributed by atoms with van der Waals surface area (Å²) >= 11 is 0. The molecule has 2 aromatic carbocycles. The predicted molar refractivity (Wildman–Crippen MR) is 130 cm³/mol. The summed E-state index contributed by atoms with van der Waals surface area (Å²) in [4.78, 5) is 37.9. The van der Waals surface area contributed by atoms with Crippen molar-refractivity contribution in [3.8, 4) is 11.1 Å². The van der Waals surface area contributed by atoms with Gasteiger partial charge in [-0.3, -0.25) is 4.79 Å². The number of nitrogens with zero attached hydrogens (tertiary/aromatic N) is 1. The van der Waals surface area contributed by atoms with E-state index in [1.54, 1.807) is 19.0 Å². The number of alkyl carbamates (subject to hydrolysis) is 1. The molecule has 0 radical (unpaired) electrons. The van der Waals surface area contributed by atoms with E-state index in [0.29, 0.717) is 0 Å². The molecule has 182 valence electrons. The topological polar surface area (TPSA) is 108 Å². The number of carbonyl (C=O) groups is 3. The molecule has 0 heterocycles. The number of benzene rings is 2. The third-order valence-corrected chi connectivity index (χ3v) is 5.88. The minimum atomic E-state index is -1.09. The summed E-state index contributed by atoms with van der Waals surface area (Å²) < 4.78 is 5.55. The predicted octanol–water partition coefficient (Wildman–Crippen LogP) is 3.07. The average molecular weight is 468 g/mol. The molecular weight excluding hydrogens is 434 g/mol. The Morgan fingerprint density at radius 3 is 2.12 bits per heavy atom. The van der Waals surface area contributed by atoms with Gasteiger partial charge in [0.25, 0.3) is 0 Å². The largest absolute Gasteiger partial charge is 0.480 e. The van der Waals surface area contributed by atoms with Crippen LogP contribution >= 0.6 is 0 Å². The fourth-order valence-corrected chi connectivity index (χ4v) is 4.25. The SMILES string of the molecule is CN(C)CC(NC(=O)CC(C)(C)CNC(=O)OCC1c2ccccc2-c2ccccc21)C(=O)O. The lowest BCUT2D eigenvalue weighted by Crippen LogP contribution is -2.48. The zero-order chi connectivity index (χ0) is 24.9. The molecule has 0 aliphatic heterocycles. The first kappa shape index (κ1) is 25.2. The van der Waals surface area contributed by atoms with Gasteiger partial charge in [0.15, 0.2) is 0 Å². The van der Waals surface area contributed by atoms with Crippen molar-refractivity contribution in [2.24, 2.45) is 5.41 Å². The van der Waals surface area contributed by atoms with E-state index >= 15 is 0 Å². The Morgan fingerprint density at radius 2 is 1.59 bits per heavy atom. The molecule has 3 rings (SSSR count). The van der Waals surface area contributed by atoms with E-state index in [1.807, 2.05) is 38.1 Å². The number of ether oxygens (including phenoxy) is 1. The van der Waals surface area contributed by atoms with Crippen LogP contribution in [0.3, 0.4) is 0 Å². The second-order valence-corrected chi connectivity index (χ2v) is 9.74. The number of carbonyl (C=O) groups excluding carboxylic acids is 2. The van der Waals surface area contributed by atoms with Crippen molar-refractivity contribution in [1.29, 1.82) is 0 Å². The van der Waals surface area contributed by atoms with Crippen molar-refractivity contribution in [2.45, 2.75) is 32.2 Å². The number of nitrogens with one attached hydrogen (secondary N) is 2. The highest BCUT2D eigenvalue weighted by Gasteiger charge is 2.30. The van der Waals surface area contributed by atoms with Gasteiger partial charge in [0.05, 0.1) is 0 Å². The maximum atomic E-state index is 12.4. The second kappa shape index (κ2) is 10.7. The normalized spacial score (nSPS) is 13.7. The molecule has 1 atom stereocenters. The molecule has 1 aliphatic carbocycles. The molecule has 2 amide bonds. The average Bonchev–Trinajstić information content (AvgIpc) is 3.09. The van der Waals surface area contributed by atoms with E-state index in [0.717, 1.165) is 22.3 Å². The highest BCUT2D eigenvalue weighted by Crippen LogP contribution is 2.44. The Balaban J connectivity index is 1.51. The lowest BCUT2D eigenvalue weighted by molar-refractivity contribution is -0.142. The number of rotatable bonds is 10. The van der Waals surface area contributed by atoms with Crippen LogP contribution in [-0.2, 0) is 14.3 Å². The van der Waals surface area contributed by atoms with E-state index in [2.05, 4.69) is 34.9 Å². The van der Waals surface area contributed by atoms with E-state index in [4.69, 9.17) is 4.74 Å². The van der Waals surface area contributed by atoms with Gasteiger partial charge in [-0.05, 0) is 41.8 Å². The van der Waals surface area contributed by atoms with Gasteiger partial charge in [-0.25, -0.2) is 9.59 Å². The number of aliphatic carboxylic acids is 1. The molecule has 1 aliphatic rings. The van der Waals surface area contributed by atoms with Gasteiger partial charge in [0.2, 0.25) is 5.91 Å². The molecule has 0 spiro atoms. The number of carboxylic acid groups (broad SMARTS) is 1. The number of hydrogen-bond acceptors (Lipinski definition) is 5. The Bertz CT molecular complexity index is 1000. The van der Waals surface area contributed by atoms with Crippen LogP contribution in [0, 0.1) is 5.41 Å². The molecule has 0 saturated heterocycles. The van der Waals surface area contributed by atoms with Crippen molar-refractivity contribution >= 4 is 18.0 Å². The van der Waals surface area contributed by atoms with Crippen LogP contribution in [0.5, 0.6) is 0 Å². The number of fused-ring (bicyclic) bond motifs is 3. The summed E-state index contributed by atoms with van der Waals surface area (Å²) in [6.45, 7) is 4.28. The van der Waals surface area contributed by atoms with E-state index in [-0.39, 0.29) is 37.9 Å². The summed E-state index contributed by atoms with van der Waals surface area (Å²) in [5.41, 5.74) is 4.01. The first-order chi connectivity index (χ1) is 16.1. The highest BCUT2D eigenvalue weighted by atomic mass is 16.5. The third-order valence-electron chi connectivity index (χ3n) is 5.88. The number of hydrogen-bond donors (Lipinski definition) is 3. The molecule has 0 saturated carbocycles. The minimum absolute atomic E-state index is 0.0263. The standard InChI is InChI=1S/C26H33N3O5/c1-26(2,13-23(30)28-22(24(31)32)14-29(3)4)16-27-25(33)34-15-21-19-11-7-5-9-17(19)18-10-6-8-12-20(18)21/h5-12,21-22H,13-16H2,1-4H3,(H,27,33)(H,28,30)(H,31,32). The van der Waals surface area contributed by atoms with Crippen LogP contribution in [0.1, 0.15) is 37.3 Å². The van der Waals surface area contributed by atoms with Crippen LogP contribution in [0.25, 0.3) is 11.1 Å². The molecule has 1 unspecified atom stereocenters. The smallest absolute Gasteiger partial charge is 0.407 e. The fourth-order valence-electron chi connectivity index (χ4n) is 4.25. The van der Waals surface area contributed by atoms with Gasteiger partial charge in [0.1, 0.15) is 12.6 Å². The minimum Gasteiger partial charge on any atom is -0.480 e. The molecular formula is C26H33N3O5. The summed E-state index contributed by atoms with van der Waals surface area (Å²) in [6.07, 6.45) is -0.486. The highest BCUT2D eigenvalue weighted by molar-refractivity contribution is 5.84. The molecule has 0 aromatic heterocycles. The number of carboxylic acids is 1. The molecule has 8 heteroatoms. The summed E-state index contributed by atoms with van der Waals surface area (Å²) in [6, 6.07) is 15.3. The maximum Gasteiger partial charge on any atom is 0.407 e. The van der Waals surface area contributed by atoms with E-state index < -0.39 is 23.5 Å².